The number of hydrogen-bond acceptors (Lipinski definition) is 7. The summed E-state index contributed by atoms with van der Waals surface area (Å²) in [5.74, 6) is 0.378. The third-order valence-corrected chi connectivity index (χ3v) is 7.24. The number of nitrogens with one attached hydrogen (secondary N) is 2. The van der Waals surface area contributed by atoms with E-state index in [0.29, 0.717) is 38.3 Å². The number of benzene rings is 1. The lowest BCUT2D eigenvalue weighted by atomic mass is 10.0. The second-order valence-corrected chi connectivity index (χ2v) is 10.5. The van der Waals surface area contributed by atoms with Gasteiger partial charge in [0.15, 0.2) is 22.5 Å². The van der Waals surface area contributed by atoms with Gasteiger partial charge in [-0.3, -0.25) is 14.4 Å². The topological polar surface area (TPSA) is 142 Å². The number of likely N-dealkylation sites (tertiary alicyclic amines) is 1. The minimum Gasteiger partial charge on any atom is -0.382 e. The van der Waals surface area contributed by atoms with Gasteiger partial charge >= 0.3 is 0 Å². The van der Waals surface area contributed by atoms with E-state index in [2.05, 4.69) is 29.7 Å². The number of nitrogens with zero attached hydrogens (tertiary/aromatic N) is 6. The maximum absolute atomic E-state index is 13.4. The van der Waals surface area contributed by atoms with Crippen LogP contribution in [0.5, 0.6) is 0 Å². The van der Waals surface area contributed by atoms with Crippen molar-refractivity contribution in [1.82, 2.24) is 35.0 Å². The molecule has 0 atom stereocenters. The fourth-order valence-electron chi connectivity index (χ4n) is 5.18. The maximum Gasteiger partial charge on any atom is 0.277 e. The van der Waals surface area contributed by atoms with Gasteiger partial charge in [-0.15, -0.1) is 0 Å². The molecule has 1 saturated heterocycles. The summed E-state index contributed by atoms with van der Waals surface area (Å²) in [5, 5.41) is 6.03. The number of hydrogen-bond donors (Lipinski definition) is 3. The van der Waals surface area contributed by atoms with E-state index < -0.39 is 5.91 Å². The highest BCUT2D eigenvalue weighted by molar-refractivity contribution is 6.29. The minimum atomic E-state index is -0.472. The summed E-state index contributed by atoms with van der Waals surface area (Å²) >= 11 is 5.90. The molecule has 1 fully saturated rings. The molecule has 3 heterocycles. The quantitative estimate of drug-likeness (QED) is 0.320. The van der Waals surface area contributed by atoms with Crippen LogP contribution in [0.2, 0.25) is 5.15 Å². The molecular formula is C29H43ClN9O3+. The van der Waals surface area contributed by atoms with Crippen molar-refractivity contribution in [3.63, 3.8) is 0 Å². The van der Waals surface area contributed by atoms with Crippen LogP contribution in [0.15, 0.2) is 24.4 Å². The number of carbonyl (C=O) groups excluding carboxylic acids is 3. The lowest BCUT2D eigenvalue weighted by molar-refractivity contribution is -0.676. The Kier molecular flexibility index (Phi) is 11.6. The fraction of sp³-hybridized carbons (Fsp3) is 0.517. The zero-order chi connectivity index (χ0) is 31.0. The number of aromatic nitrogens is 4. The molecular weight excluding hydrogens is 558 g/mol. The molecule has 12 nitrogen and oxygen atoms in total. The average Bonchev–Trinajstić information content (AvgIpc) is 3.29. The SMILES string of the molecule is CC.CCn1c(CNC(=O)c2nc(Cl)cnc2N)[n+](CC)c2ccc(C(=O)N3CCC(NC(=O)CN(C)C)CC3)cc21. The highest BCUT2D eigenvalue weighted by atomic mass is 35.5. The van der Waals surface area contributed by atoms with E-state index in [-0.39, 0.29) is 41.1 Å². The van der Waals surface area contributed by atoms with Crippen LogP contribution in [-0.2, 0) is 24.4 Å². The molecule has 0 spiro atoms. The zero-order valence-corrected chi connectivity index (χ0v) is 26.2. The van der Waals surface area contributed by atoms with Crippen LogP contribution < -0.4 is 20.9 Å². The predicted octanol–water partition coefficient (Wildman–Crippen LogP) is 2.23. The molecule has 0 aliphatic carbocycles. The number of amides is 3. The second-order valence-electron chi connectivity index (χ2n) is 10.1. The molecule has 3 aromatic rings. The summed E-state index contributed by atoms with van der Waals surface area (Å²) in [5.41, 5.74) is 8.28. The number of nitrogens with two attached hydrogens (primary N) is 1. The molecule has 0 saturated carbocycles. The van der Waals surface area contributed by atoms with Gasteiger partial charge in [-0.1, -0.05) is 25.4 Å². The summed E-state index contributed by atoms with van der Waals surface area (Å²) in [6, 6.07) is 5.81. The molecule has 3 amide bonds. The number of piperidine rings is 1. The van der Waals surface area contributed by atoms with Crippen LogP contribution >= 0.6 is 11.6 Å². The third-order valence-electron chi connectivity index (χ3n) is 7.06. The first-order chi connectivity index (χ1) is 20.1. The number of fused-ring (bicyclic) bond motifs is 1. The molecule has 0 bridgehead atoms. The van der Waals surface area contributed by atoms with Crippen molar-refractivity contribution < 1.29 is 19.0 Å². The van der Waals surface area contributed by atoms with Crippen molar-refractivity contribution in [1.29, 1.82) is 0 Å². The molecule has 4 N–H and O–H groups in total. The number of imidazole rings is 1. The van der Waals surface area contributed by atoms with E-state index in [4.69, 9.17) is 17.3 Å². The molecule has 1 aliphatic rings. The van der Waals surface area contributed by atoms with Gasteiger partial charge in [0.1, 0.15) is 11.7 Å². The minimum absolute atomic E-state index is 0.000687. The Morgan fingerprint density at radius 2 is 1.86 bits per heavy atom. The van der Waals surface area contributed by atoms with Crippen molar-refractivity contribution in [3.8, 4) is 0 Å². The Morgan fingerprint density at radius 3 is 2.48 bits per heavy atom. The largest absolute Gasteiger partial charge is 0.382 e. The van der Waals surface area contributed by atoms with E-state index in [9.17, 15) is 14.4 Å². The third kappa shape index (κ3) is 7.54. The highest BCUT2D eigenvalue weighted by Crippen LogP contribution is 2.21. The lowest BCUT2D eigenvalue weighted by Gasteiger charge is -2.32. The molecule has 2 aromatic heterocycles. The molecule has 1 aromatic carbocycles. The van der Waals surface area contributed by atoms with E-state index in [1.807, 2.05) is 69.8 Å². The summed E-state index contributed by atoms with van der Waals surface area (Å²) < 4.78 is 4.21. The standard InChI is InChI=1S/C27H36ClN9O3.C2H6/c1-5-36-19-8-7-17(27(40)35-11-9-18(10-12-35)32-22(38)16-34(3)4)13-20(19)37(6-2)23(36)15-31-26(39)24-25(29)30-14-21(28)33-24;1-2/h7-8,13-14,18H,5-6,9-12,15-16H2,1-4H3,(H3-,29,30,31,32,38,39);1-2H3/p+1. The number of anilines is 1. The van der Waals surface area contributed by atoms with Gasteiger partial charge < -0.3 is 26.2 Å². The molecule has 13 heteroatoms. The number of rotatable bonds is 9. The van der Waals surface area contributed by atoms with Gasteiger partial charge in [0, 0.05) is 30.8 Å². The van der Waals surface area contributed by atoms with E-state index in [1.165, 1.54) is 6.20 Å². The van der Waals surface area contributed by atoms with Crippen molar-refractivity contribution in [3.05, 3.63) is 46.6 Å². The van der Waals surface area contributed by atoms with Gasteiger partial charge in [0.2, 0.25) is 5.91 Å². The zero-order valence-electron chi connectivity index (χ0n) is 25.4. The van der Waals surface area contributed by atoms with Crippen molar-refractivity contribution >= 4 is 46.2 Å². The van der Waals surface area contributed by atoms with Crippen molar-refractivity contribution in [2.45, 2.75) is 66.2 Å². The summed E-state index contributed by atoms with van der Waals surface area (Å²) in [7, 11) is 3.72. The molecule has 0 unspecified atom stereocenters. The number of nitrogen functional groups attached to an aromatic ring is 1. The first-order valence-electron chi connectivity index (χ1n) is 14.5. The smallest absolute Gasteiger partial charge is 0.277 e. The normalized spacial score (nSPS) is 13.6. The number of carbonyl (C=O) groups is 3. The van der Waals surface area contributed by atoms with Crippen LogP contribution in [-0.4, -0.2) is 81.8 Å². The highest BCUT2D eigenvalue weighted by Gasteiger charge is 2.28. The van der Waals surface area contributed by atoms with Crippen molar-refractivity contribution in [2.75, 3.05) is 39.5 Å². The summed E-state index contributed by atoms with van der Waals surface area (Å²) in [4.78, 5) is 49.9. The molecule has 4 rings (SSSR count). The van der Waals surface area contributed by atoms with Gasteiger partial charge in [-0.2, -0.15) is 0 Å². The van der Waals surface area contributed by atoms with E-state index in [0.717, 1.165) is 29.7 Å². The van der Waals surface area contributed by atoms with E-state index in [1.54, 1.807) is 0 Å². The van der Waals surface area contributed by atoms with Crippen LogP contribution in [0.3, 0.4) is 0 Å². The van der Waals surface area contributed by atoms with Crippen LogP contribution in [0.4, 0.5) is 5.82 Å². The van der Waals surface area contributed by atoms with E-state index >= 15 is 0 Å². The second kappa shape index (κ2) is 14.9. The summed E-state index contributed by atoms with van der Waals surface area (Å²) in [6.45, 7) is 11.1. The molecule has 42 heavy (non-hydrogen) atoms. The Balaban J connectivity index is 0.00000237. The first kappa shape index (κ1) is 32.7. The monoisotopic (exact) mass is 600 g/mol. The van der Waals surface area contributed by atoms with Crippen molar-refractivity contribution in [2.24, 2.45) is 0 Å². The van der Waals surface area contributed by atoms with Gasteiger partial charge in [-0.25, -0.2) is 19.1 Å². The number of likely N-dealkylation sites (N-methyl/N-ethyl adjacent to an activating group) is 1. The Labute approximate surface area is 252 Å². The predicted molar refractivity (Wildman–Crippen MR) is 163 cm³/mol. The van der Waals surface area contributed by atoms with Crippen LogP contribution in [0, 0.1) is 0 Å². The molecule has 228 valence electrons. The Bertz CT molecular complexity index is 1420. The first-order valence-corrected chi connectivity index (χ1v) is 14.8. The lowest BCUT2D eigenvalue weighted by Crippen LogP contribution is -2.48. The number of halogens is 1. The Hall–Kier alpha value is -3.77. The molecule has 1 aliphatic heterocycles. The Morgan fingerprint density at radius 1 is 1.17 bits per heavy atom. The fourth-order valence-corrected chi connectivity index (χ4v) is 5.31. The van der Waals surface area contributed by atoms with Crippen LogP contribution in [0.1, 0.15) is 67.2 Å². The van der Waals surface area contributed by atoms with Gasteiger partial charge in [0.25, 0.3) is 17.6 Å². The van der Waals surface area contributed by atoms with Gasteiger partial charge in [-0.05, 0) is 52.9 Å². The van der Waals surface area contributed by atoms with Gasteiger partial charge in [0.05, 0.1) is 25.8 Å². The maximum atomic E-state index is 13.4. The summed E-state index contributed by atoms with van der Waals surface area (Å²) in [6.07, 6.45) is 2.73. The number of aryl methyl sites for hydroxylation is 2. The average molecular weight is 601 g/mol. The van der Waals surface area contributed by atoms with Crippen LogP contribution in [0.25, 0.3) is 11.0 Å². The molecule has 0 radical (unpaired) electrons.